The van der Waals surface area contributed by atoms with Gasteiger partial charge in [0.15, 0.2) is 0 Å². The van der Waals surface area contributed by atoms with Crippen LogP contribution in [0.1, 0.15) is 46.0 Å². The zero-order valence-corrected chi connectivity index (χ0v) is 11.8. The highest BCUT2D eigenvalue weighted by molar-refractivity contribution is 5.82. The number of piperidine rings is 1. The van der Waals surface area contributed by atoms with E-state index in [0.29, 0.717) is 25.4 Å². The van der Waals surface area contributed by atoms with E-state index >= 15 is 0 Å². The van der Waals surface area contributed by atoms with Gasteiger partial charge in [0.25, 0.3) is 0 Å². The van der Waals surface area contributed by atoms with Crippen LogP contribution in [0.15, 0.2) is 0 Å². The summed E-state index contributed by atoms with van der Waals surface area (Å²) in [4.78, 5) is 24.9. The van der Waals surface area contributed by atoms with Crippen LogP contribution < -0.4 is 5.32 Å². The van der Waals surface area contributed by atoms with Gasteiger partial charge < -0.3 is 15.3 Å². The number of carboxylic acid groups (broad SMARTS) is 1. The quantitative estimate of drug-likeness (QED) is 0.823. The molecule has 2 amide bonds. The molecular weight excluding hydrogens is 244 g/mol. The van der Waals surface area contributed by atoms with Crippen molar-refractivity contribution >= 4 is 12.0 Å². The number of hydrogen-bond donors (Lipinski definition) is 2. The zero-order valence-electron chi connectivity index (χ0n) is 11.8. The number of carbonyl (C=O) groups is 2. The van der Waals surface area contributed by atoms with Gasteiger partial charge in [0.2, 0.25) is 0 Å². The molecule has 0 bridgehead atoms. The van der Waals surface area contributed by atoms with Crippen molar-refractivity contribution in [1.29, 1.82) is 0 Å². The molecule has 2 aliphatic rings. The van der Waals surface area contributed by atoms with E-state index in [4.69, 9.17) is 0 Å². The lowest BCUT2D eigenvalue weighted by atomic mass is 9.70. The van der Waals surface area contributed by atoms with Crippen molar-refractivity contribution in [3.63, 3.8) is 0 Å². The number of carbonyl (C=O) groups excluding carboxylic acids is 1. The second-order valence-corrected chi connectivity index (χ2v) is 6.50. The molecule has 5 nitrogen and oxygen atoms in total. The average Bonchev–Trinajstić information content (AvgIpc) is 2.33. The fourth-order valence-corrected chi connectivity index (χ4v) is 2.97. The fraction of sp³-hybridized carbons (Fsp3) is 0.857. The van der Waals surface area contributed by atoms with E-state index in [9.17, 15) is 14.7 Å². The van der Waals surface area contributed by atoms with Gasteiger partial charge in [0.05, 0.1) is 0 Å². The number of amides is 2. The lowest BCUT2D eigenvalue weighted by Gasteiger charge is -2.40. The van der Waals surface area contributed by atoms with E-state index in [-0.39, 0.29) is 11.4 Å². The van der Waals surface area contributed by atoms with Crippen molar-refractivity contribution in [1.82, 2.24) is 10.2 Å². The molecule has 2 rings (SSSR count). The summed E-state index contributed by atoms with van der Waals surface area (Å²) in [7, 11) is 0. The normalized spacial score (nSPS) is 29.5. The van der Waals surface area contributed by atoms with Gasteiger partial charge in [-0.3, -0.25) is 0 Å². The average molecular weight is 268 g/mol. The van der Waals surface area contributed by atoms with Crippen molar-refractivity contribution in [2.75, 3.05) is 13.1 Å². The number of urea groups is 1. The van der Waals surface area contributed by atoms with E-state index in [1.54, 1.807) is 0 Å². The van der Waals surface area contributed by atoms with Gasteiger partial charge in [-0.2, -0.15) is 0 Å². The standard InChI is InChI=1S/C14H24N2O3/c1-10-4-7-16(11(8-10)12(17)18)13(19)15-9-14(2)5-3-6-14/h10-11H,3-9H2,1-2H3,(H,15,19)(H,17,18). The molecule has 19 heavy (non-hydrogen) atoms. The second-order valence-electron chi connectivity index (χ2n) is 6.50. The maximum Gasteiger partial charge on any atom is 0.326 e. The van der Waals surface area contributed by atoms with E-state index in [1.807, 2.05) is 6.92 Å². The Labute approximate surface area is 114 Å². The molecule has 2 unspecified atom stereocenters. The first-order valence-corrected chi connectivity index (χ1v) is 7.18. The summed E-state index contributed by atoms with van der Waals surface area (Å²) in [6, 6.07) is -0.884. The molecule has 108 valence electrons. The van der Waals surface area contributed by atoms with Crippen LogP contribution in [0.25, 0.3) is 0 Å². The van der Waals surface area contributed by atoms with E-state index in [2.05, 4.69) is 12.2 Å². The van der Waals surface area contributed by atoms with Gasteiger partial charge in [-0.05, 0) is 37.0 Å². The zero-order chi connectivity index (χ0) is 14.0. The van der Waals surface area contributed by atoms with Crippen LogP contribution in [0.5, 0.6) is 0 Å². The van der Waals surface area contributed by atoms with Crippen LogP contribution in [0, 0.1) is 11.3 Å². The van der Waals surface area contributed by atoms with Gasteiger partial charge in [-0.25, -0.2) is 9.59 Å². The molecule has 0 aromatic rings. The number of rotatable bonds is 3. The number of aliphatic carboxylic acids is 1. The minimum absolute atomic E-state index is 0.215. The molecular formula is C14H24N2O3. The molecule has 0 radical (unpaired) electrons. The van der Waals surface area contributed by atoms with Crippen molar-refractivity contribution < 1.29 is 14.7 Å². The minimum atomic E-state index is -0.892. The Bertz CT molecular complexity index is 366. The summed E-state index contributed by atoms with van der Waals surface area (Å²) in [5, 5.41) is 12.2. The molecule has 1 saturated carbocycles. The van der Waals surface area contributed by atoms with Gasteiger partial charge in [0.1, 0.15) is 6.04 Å². The maximum absolute atomic E-state index is 12.2. The third-order valence-corrected chi connectivity index (χ3v) is 4.64. The van der Waals surface area contributed by atoms with Crippen molar-refractivity contribution in [2.24, 2.45) is 11.3 Å². The molecule has 0 aromatic carbocycles. The van der Waals surface area contributed by atoms with Crippen LogP contribution in [0.4, 0.5) is 4.79 Å². The topological polar surface area (TPSA) is 69.6 Å². The summed E-state index contributed by atoms with van der Waals surface area (Å²) in [6.07, 6.45) is 4.96. The summed E-state index contributed by atoms with van der Waals surface area (Å²) in [5.74, 6) is -0.522. The Kier molecular flexibility index (Phi) is 4.02. The molecule has 0 spiro atoms. The molecule has 0 aromatic heterocycles. The first kappa shape index (κ1) is 14.2. The third-order valence-electron chi connectivity index (χ3n) is 4.64. The summed E-state index contributed by atoms with van der Waals surface area (Å²) < 4.78 is 0. The Morgan fingerprint density at radius 3 is 2.63 bits per heavy atom. The lowest BCUT2D eigenvalue weighted by Crippen LogP contribution is -2.54. The van der Waals surface area contributed by atoms with Crippen molar-refractivity contribution in [3.05, 3.63) is 0 Å². The van der Waals surface area contributed by atoms with Crippen molar-refractivity contribution in [2.45, 2.75) is 52.0 Å². The van der Waals surface area contributed by atoms with Crippen molar-refractivity contribution in [3.8, 4) is 0 Å². The summed E-state index contributed by atoms with van der Waals surface area (Å²) >= 11 is 0. The molecule has 1 aliphatic heterocycles. The molecule has 1 heterocycles. The van der Waals surface area contributed by atoms with E-state index in [1.165, 1.54) is 11.3 Å². The lowest BCUT2D eigenvalue weighted by molar-refractivity contribution is -0.143. The first-order chi connectivity index (χ1) is 8.91. The largest absolute Gasteiger partial charge is 0.480 e. The fourth-order valence-electron chi connectivity index (χ4n) is 2.97. The smallest absolute Gasteiger partial charge is 0.326 e. The predicted molar refractivity (Wildman–Crippen MR) is 71.9 cm³/mol. The molecule has 5 heteroatoms. The number of nitrogens with one attached hydrogen (secondary N) is 1. The van der Waals surface area contributed by atoms with Gasteiger partial charge in [0, 0.05) is 13.1 Å². The SMILES string of the molecule is CC1CCN(C(=O)NCC2(C)CCC2)C(C(=O)O)C1. The van der Waals surface area contributed by atoms with Gasteiger partial charge >= 0.3 is 12.0 Å². The molecule has 2 N–H and O–H groups in total. The first-order valence-electron chi connectivity index (χ1n) is 7.18. The summed E-state index contributed by atoms with van der Waals surface area (Å²) in [5.41, 5.74) is 0.220. The monoisotopic (exact) mass is 268 g/mol. The minimum Gasteiger partial charge on any atom is -0.480 e. The summed E-state index contributed by atoms with van der Waals surface area (Å²) in [6.45, 7) is 5.41. The van der Waals surface area contributed by atoms with E-state index in [0.717, 1.165) is 19.3 Å². The number of hydrogen-bond acceptors (Lipinski definition) is 2. The van der Waals surface area contributed by atoms with Crippen LogP contribution in [-0.2, 0) is 4.79 Å². The maximum atomic E-state index is 12.2. The van der Waals surface area contributed by atoms with Crippen LogP contribution in [0.2, 0.25) is 0 Å². The van der Waals surface area contributed by atoms with Crippen LogP contribution in [-0.4, -0.2) is 41.1 Å². The number of carboxylic acids is 1. The highest BCUT2D eigenvalue weighted by Gasteiger charge is 2.36. The number of likely N-dealkylation sites (tertiary alicyclic amines) is 1. The number of nitrogens with zero attached hydrogens (tertiary/aromatic N) is 1. The van der Waals surface area contributed by atoms with Crippen LogP contribution in [0.3, 0.4) is 0 Å². The van der Waals surface area contributed by atoms with Gasteiger partial charge in [-0.1, -0.05) is 20.3 Å². The Balaban J connectivity index is 1.90. The van der Waals surface area contributed by atoms with E-state index < -0.39 is 12.0 Å². The third kappa shape index (κ3) is 3.19. The highest BCUT2D eigenvalue weighted by Crippen LogP contribution is 2.39. The predicted octanol–water partition coefficient (Wildman–Crippen LogP) is 2.07. The molecule has 2 atom stereocenters. The Hall–Kier alpha value is -1.26. The highest BCUT2D eigenvalue weighted by atomic mass is 16.4. The van der Waals surface area contributed by atoms with Crippen LogP contribution >= 0.6 is 0 Å². The second kappa shape index (κ2) is 5.39. The molecule has 1 saturated heterocycles. The molecule has 1 aliphatic carbocycles. The van der Waals surface area contributed by atoms with Gasteiger partial charge in [-0.15, -0.1) is 0 Å². The Morgan fingerprint density at radius 2 is 2.11 bits per heavy atom. The Morgan fingerprint density at radius 1 is 1.42 bits per heavy atom. The molecule has 2 fully saturated rings.